The molecule has 1 spiro atoms. The highest BCUT2D eigenvalue weighted by Crippen LogP contribution is 2.53. The van der Waals surface area contributed by atoms with Gasteiger partial charge in [0.05, 0.1) is 7.11 Å². The van der Waals surface area contributed by atoms with Crippen molar-refractivity contribution in [2.75, 3.05) is 13.7 Å². The summed E-state index contributed by atoms with van der Waals surface area (Å²) in [6.07, 6.45) is 2.32. The number of nitrogens with zero attached hydrogens (tertiary/aromatic N) is 1. The van der Waals surface area contributed by atoms with E-state index in [1.165, 1.54) is 5.56 Å². The van der Waals surface area contributed by atoms with Crippen molar-refractivity contribution in [3.8, 4) is 5.75 Å². The van der Waals surface area contributed by atoms with Gasteiger partial charge in [0, 0.05) is 24.1 Å². The number of hydrogen-bond acceptors (Lipinski definition) is 2. The zero-order valence-electron chi connectivity index (χ0n) is 14.8. The minimum Gasteiger partial charge on any atom is -0.497 e. The van der Waals surface area contributed by atoms with Gasteiger partial charge in [-0.2, -0.15) is 0 Å². The molecule has 0 N–H and O–H groups in total. The molecule has 2 aromatic rings. The molecule has 0 bridgehead atoms. The van der Waals surface area contributed by atoms with Gasteiger partial charge in [0.15, 0.2) is 0 Å². The Hall–Kier alpha value is -2.55. The lowest BCUT2D eigenvalue weighted by molar-refractivity contribution is 0.0698. The molecule has 3 nitrogen and oxygen atoms in total. The van der Waals surface area contributed by atoms with Crippen LogP contribution in [0.3, 0.4) is 0 Å². The molecule has 4 rings (SSSR count). The predicted octanol–water partition coefficient (Wildman–Crippen LogP) is 4.42. The van der Waals surface area contributed by atoms with Gasteiger partial charge in [-0.25, -0.2) is 0 Å². The molecule has 0 unspecified atom stereocenters. The highest BCUT2D eigenvalue weighted by atomic mass is 16.5. The Labute approximate surface area is 148 Å². The molecule has 0 aromatic heterocycles. The summed E-state index contributed by atoms with van der Waals surface area (Å²) in [6.45, 7) is 7.51. The first kappa shape index (κ1) is 15.9. The van der Waals surface area contributed by atoms with Crippen molar-refractivity contribution >= 4 is 11.5 Å². The molecular formula is C22H23NO2. The van der Waals surface area contributed by atoms with Gasteiger partial charge in [-0.3, -0.25) is 4.79 Å². The zero-order valence-corrected chi connectivity index (χ0v) is 14.8. The van der Waals surface area contributed by atoms with Crippen LogP contribution in [-0.4, -0.2) is 24.5 Å². The second-order valence-corrected chi connectivity index (χ2v) is 7.33. The fraction of sp³-hybridized carbons (Fsp3) is 0.318. The second-order valence-electron chi connectivity index (χ2n) is 7.33. The molecule has 2 aliphatic rings. The number of carbonyl (C=O) groups is 1. The average Bonchev–Trinajstić information content (AvgIpc) is 3.40. The van der Waals surface area contributed by atoms with Crippen LogP contribution in [0.15, 0.2) is 49.0 Å². The lowest BCUT2D eigenvalue weighted by atomic mass is 9.84. The summed E-state index contributed by atoms with van der Waals surface area (Å²) in [7, 11) is 1.66. The standard InChI is InChI=1S/C22H23NO2/c1-15(2)17-6-9-19-20(12-17)22(10-11-22)14-23(21(19)24)13-16-4-7-18(25-3)8-5-16/h4-9,12H,1,10-11,13-14H2,2-3H3. The third-order valence-corrected chi connectivity index (χ3v) is 5.48. The van der Waals surface area contributed by atoms with Crippen LogP contribution in [0.1, 0.15) is 46.8 Å². The molecule has 0 saturated heterocycles. The lowest BCUT2D eigenvalue weighted by Crippen LogP contribution is -2.42. The predicted molar refractivity (Wildman–Crippen MR) is 99.8 cm³/mol. The van der Waals surface area contributed by atoms with E-state index >= 15 is 0 Å². The minimum atomic E-state index is 0.136. The van der Waals surface area contributed by atoms with Crippen molar-refractivity contribution in [1.82, 2.24) is 4.90 Å². The molecule has 3 heteroatoms. The summed E-state index contributed by atoms with van der Waals surface area (Å²) in [5.74, 6) is 0.974. The van der Waals surface area contributed by atoms with Gasteiger partial charge in [-0.15, -0.1) is 0 Å². The fourth-order valence-corrected chi connectivity index (χ4v) is 3.79. The van der Waals surface area contributed by atoms with E-state index in [0.29, 0.717) is 6.54 Å². The normalized spacial score (nSPS) is 17.4. The van der Waals surface area contributed by atoms with E-state index in [2.05, 4.69) is 12.6 Å². The average molecular weight is 333 g/mol. The van der Waals surface area contributed by atoms with E-state index in [9.17, 15) is 4.79 Å². The maximum Gasteiger partial charge on any atom is 0.254 e. The van der Waals surface area contributed by atoms with Crippen LogP contribution in [0.4, 0.5) is 0 Å². The molecule has 1 aliphatic heterocycles. The Morgan fingerprint density at radius 2 is 1.92 bits per heavy atom. The van der Waals surface area contributed by atoms with Crippen LogP contribution in [0.25, 0.3) is 5.57 Å². The Kier molecular flexibility index (Phi) is 3.68. The molecule has 1 heterocycles. The fourth-order valence-electron chi connectivity index (χ4n) is 3.79. The number of methoxy groups -OCH3 is 1. The number of carbonyl (C=O) groups excluding carboxylic acids is 1. The number of hydrogen-bond donors (Lipinski definition) is 0. The smallest absolute Gasteiger partial charge is 0.254 e. The van der Waals surface area contributed by atoms with Gasteiger partial charge in [0.25, 0.3) is 5.91 Å². The first-order chi connectivity index (χ1) is 12.0. The van der Waals surface area contributed by atoms with Gasteiger partial charge in [-0.1, -0.05) is 36.4 Å². The van der Waals surface area contributed by atoms with Gasteiger partial charge < -0.3 is 9.64 Å². The number of allylic oxidation sites excluding steroid dienone is 1. The summed E-state index contributed by atoms with van der Waals surface area (Å²) < 4.78 is 5.21. The molecule has 1 amide bonds. The third-order valence-electron chi connectivity index (χ3n) is 5.48. The van der Waals surface area contributed by atoms with Crippen LogP contribution in [-0.2, 0) is 12.0 Å². The SMILES string of the molecule is C=C(C)c1ccc2c(c1)C1(CC1)CN(Cc1ccc(OC)cc1)C2=O. The van der Waals surface area contributed by atoms with E-state index in [0.717, 1.165) is 47.4 Å². The summed E-state index contributed by atoms with van der Waals surface area (Å²) in [4.78, 5) is 15.0. The van der Waals surface area contributed by atoms with Crippen LogP contribution >= 0.6 is 0 Å². The summed E-state index contributed by atoms with van der Waals surface area (Å²) in [5.41, 5.74) is 5.56. The topological polar surface area (TPSA) is 29.5 Å². The molecule has 1 fully saturated rings. The number of ether oxygens (including phenoxy) is 1. The van der Waals surface area contributed by atoms with E-state index in [1.807, 2.05) is 48.2 Å². The highest BCUT2D eigenvalue weighted by molar-refractivity contribution is 5.98. The maximum absolute atomic E-state index is 13.0. The van der Waals surface area contributed by atoms with Gasteiger partial charge in [0.1, 0.15) is 5.75 Å². The summed E-state index contributed by atoms with van der Waals surface area (Å²) >= 11 is 0. The molecule has 2 aromatic carbocycles. The first-order valence-corrected chi connectivity index (χ1v) is 8.75. The Bertz CT molecular complexity index is 847. The van der Waals surface area contributed by atoms with Crippen molar-refractivity contribution in [3.05, 3.63) is 71.3 Å². The van der Waals surface area contributed by atoms with E-state index in [1.54, 1.807) is 7.11 Å². The van der Waals surface area contributed by atoms with Crippen molar-refractivity contribution in [2.24, 2.45) is 0 Å². The number of amides is 1. The van der Waals surface area contributed by atoms with Crippen LogP contribution in [0, 0.1) is 0 Å². The monoisotopic (exact) mass is 333 g/mol. The third kappa shape index (κ3) is 2.74. The molecule has 0 atom stereocenters. The Morgan fingerprint density at radius 1 is 1.20 bits per heavy atom. The summed E-state index contributed by atoms with van der Waals surface area (Å²) in [6, 6.07) is 14.2. The van der Waals surface area contributed by atoms with Crippen molar-refractivity contribution in [3.63, 3.8) is 0 Å². The lowest BCUT2D eigenvalue weighted by Gasteiger charge is -2.35. The highest BCUT2D eigenvalue weighted by Gasteiger charge is 2.51. The first-order valence-electron chi connectivity index (χ1n) is 8.75. The van der Waals surface area contributed by atoms with Crippen LogP contribution in [0.2, 0.25) is 0 Å². The van der Waals surface area contributed by atoms with E-state index < -0.39 is 0 Å². The summed E-state index contributed by atoms with van der Waals surface area (Å²) in [5, 5.41) is 0. The van der Waals surface area contributed by atoms with Crippen LogP contribution < -0.4 is 4.74 Å². The van der Waals surface area contributed by atoms with Gasteiger partial charge in [-0.05, 0) is 54.7 Å². The van der Waals surface area contributed by atoms with E-state index in [4.69, 9.17) is 4.74 Å². The second kappa shape index (κ2) is 5.76. The number of fused-ring (bicyclic) bond motifs is 2. The molecule has 1 saturated carbocycles. The quantitative estimate of drug-likeness (QED) is 0.829. The number of rotatable bonds is 4. The number of benzene rings is 2. The maximum atomic E-state index is 13.0. The molecular weight excluding hydrogens is 310 g/mol. The van der Waals surface area contributed by atoms with Crippen molar-refractivity contribution < 1.29 is 9.53 Å². The van der Waals surface area contributed by atoms with E-state index in [-0.39, 0.29) is 11.3 Å². The van der Waals surface area contributed by atoms with Crippen molar-refractivity contribution in [1.29, 1.82) is 0 Å². The molecule has 128 valence electrons. The van der Waals surface area contributed by atoms with Crippen LogP contribution in [0.5, 0.6) is 5.75 Å². The minimum absolute atomic E-state index is 0.136. The largest absolute Gasteiger partial charge is 0.497 e. The molecule has 25 heavy (non-hydrogen) atoms. The molecule has 0 radical (unpaired) electrons. The molecule has 1 aliphatic carbocycles. The Morgan fingerprint density at radius 3 is 2.52 bits per heavy atom. The Balaban J connectivity index is 1.64. The van der Waals surface area contributed by atoms with Gasteiger partial charge >= 0.3 is 0 Å². The van der Waals surface area contributed by atoms with Gasteiger partial charge in [0.2, 0.25) is 0 Å². The van der Waals surface area contributed by atoms with Crippen molar-refractivity contribution in [2.45, 2.75) is 31.7 Å². The zero-order chi connectivity index (χ0) is 17.6.